The first-order valence-electron chi connectivity index (χ1n) is 11.9. The Morgan fingerprint density at radius 2 is 1.66 bits per heavy atom. The number of imidazole rings is 1. The number of carbonyl (C=O) groups is 2. The van der Waals surface area contributed by atoms with Crippen LogP contribution >= 0.6 is 0 Å². The highest BCUT2D eigenvalue weighted by molar-refractivity contribution is 5.95. The van der Waals surface area contributed by atoms with Gasteiger partial charge in [0.1, 0.15) is 5.82 Å². The molecule has 0 saturated carbocycles. The van der Waals surface area contributed by atoms with E-state index in [0.717, 1.165) is 35.6 Å². The number of likely N-dealkylation sites (N-methyl/N-ethyl adjacent to an activating group) is 1. The lowest BCUT2D eigenvalue weighted by atomic mass is 10.1. The first kappa shape index (κ1) is 24.2. The molecule has 3 aromatic carbocycles. The van der Waals surface area contributed by atoms with Gasteiger partial charge in [0, 0.05) is 30.8 Å². The maximum atomic E-state index is 12.5. The lowest BCUT2D eigenvalue weighted by molar-refractivity contribution is 0.0526. The van der Waals surface area contributed by atoms with Gasteiger partial charge in [-0.25, -0.2) is 9.78 Å². The highest BCUT2D eigenvalue weighted by Gasteiger charge is 2.16. The lowest BCUT2D eigenvalue weighted by Crippen LogP contribution is -2.31. The molecule has 0 spiro atoms. The standard InChI is InChI=1S/C28H30N4O3/c1-3-29-16-17-30-27(33)22-12-10-21(11-13-22)26-31-24-18-23(28(34)35-4-2)14-15-25(24)32(26)19-20-8-6-5-7-9-20/h5-15,18,29H,3-4,16-17,19H2,1-2H3,(H,30,33). The number of nitrogens with zero attached hydrogens (tertiary/aromatic N) is 2. The summed E-state index contributed by atoms with van der Waals surface area (Å²) in [6.45, 7) is 6.94. The van der Waals surface area contributed by atoms with E-state index in [1.807, 2.05) is 55.5 Å². The van der Waals surface area contributed by atoms with Gasteiger partial charge in [-0.1, -0.05) is 49.4 Å². The molecule has 2 N–H and O–H groups in total. The minimum absolute atomic E-state index is 0.105. The first-order chi connectivity index (χ1) is 17.1. The molecule has 0 saturated heterocycles. The molecule has 7 heteroatoms. The fourth-order valence-corrected chi connectivity index (χ4v) is 3.93. The highest BCUT2D eigenvalue weighted by atomic mass is 16.5. The third-order valence-corrected chi connectivity index (χ3v) is 5.69. The Morgan fingerprint density at radius 3 is 2.37 bits per heavy atom. The predicted octanol–water partition coefficient (Wildman–Crippen LogP) is 4.27. The Labute approximate surface area is 205 Å². The molecule has 180 valence electrons. The van der Waals surface area contributed by atoms with Gasteiger partial charge in [0.05, 0.1) is 23.2 Å². The quantitative estimate of drug-likeness (QED) is 0.267. The van der Waals surface area contributed by atoms with Crippen molar-refractivity contribution in [2.75, 3.05) is 26.2 Å². The maximum Gasteiger partial charge on any atom is 0.338 e. The second-order valence-electron chi connectivity index (χ2n) is 8.12. The van der Waals surface area contributed by atoms with Crippen molar-refractivity contribution in [3.05, 3.63) is 89.5 Å². The number of esters is 1. The van der Waals surface area contributed by atoms with Crippen molar-refractivity contribution in [2.45, 2.75) is 20.4 Å². The lowest BCUT2D eigenvalue weighted by Gasteiger charge is -2.11. The van der Waals surface area contributed by atoms with E-state index < -0.39 is 0 Å². The summed E-state index contributed by atoms with van der Waals surface area (Å²) in [5.74, 6) is 0.299. The zero-order valence-electron chi connectivity index (χ0n) is 20.1. The molecule has 4 rings (SSSR count). The molecule has 0 aliphatic carbocycles. The van der Waals surface area contributed by atoms with E-state index in [4.69, 9.17) is 9.72 Å². The van der Waals surface area contributed by atoms with Crippen LogP contribution in [-0.4, -0.2) is 47.7 Å². The van der Waals surface area contributed by atoms with Crippen molar-refractivity contribution < 1.29 is 14.3 Å². The monoisotopic (exact) mass is 470 g/mol. The molecule has 0 unspecified atom stereocenters. The second-order valence-corrected chi connectivity index (χ2v) is 8.12. The van der Waals surface area contributed by atoms with Crippen LogP contribution in [0.4, 0.5) is 0 Å². The van der Waals surface area contributed by atoms with Crippen LogP contribution in [0, 0.1) is 0 Å². The molecule has 35 heavy (non-hydrogen) atoms. The number of hydrogen-bond donors (Lipinski definition) is 2. The molecule has 0 aliphatic rings. The Morgan fingerprint density at radius 1 is 0.914 bits per heavy atom. The molecule has 0 radical (unpaired) electrons. The van der Waals surface area contributed by atoms with Crippen LogP contribution in [-0.2, 0) is 11.3 Å². The molecule has 1 amide bonds. The third-order valence-electron chi connectivity index (χ3n) is 5.69. The van der Waals surface area contributed by atoms with Crippen molar-refractivity contribution in [1.82, 2.24) is 20.2 Å². The predicted molar refractivity (Wildman–Crippen MR) is 138 cm³/mol. The fourth-order valence-electron chi connectivity index (χ4n) is 3.93. The van der Waals surface area contributed by atoms with E-state index >= 15 is 0 Å². The fraction of sp³-hybridized carbons (Fsp3) is 0.250. The summed E-state index contributed by atoms with van der Waals surface area (Å²) < 4.78 is 7.29. The number of carbonyl (C=O) groups excluding carboxylic acids is 2. The third kappa shape index (κ3) is 5.75. The molecule has 0 aliphatic heterocycles. The van der Waals surface area contributed by atoms with Crippen molar-refractivity contribution in [3.63, 3.8) is 0 Å². The Bertz CT molecular complexity index is 1300. The minimum Gasteiger partial charge on any atom is -0.462 e. The Balaban J connectivity index is 1.67. The summed E-state index contributed by atoms with van der Waals surface area (Å²) in [6, 6.07) is 23.1. The van der Waals surface area contributed by atoms with Gasteiger partial charge in [-0.2, -0.15) is 0 Å². The summed E-state index contributed by atoms with van der Waals surface area (Å²) in [5, 5.41) is 6.11. The average molecular weight is 471 g/mol. The Hall–Kier alpha value is -3.97. The SMILES string of the molecule is CCNCCNC(=O)c1ccc(-c2nc3cc(C(=O)OCC)ccc3n2Cc2ccccc2)cc1. The molecule has 0 bridgehead atoms. The first-order valence-corrected chi connectivity index (χ1v) is 11.9. The maximum absolute atomic E-state index is 12.5. The topological polar surface area (TPSA) is 85.2 Å². The number of hydrogen-bond acceptors (Lipinski definition) is 5. The number of benzene rings is 3. The average Bonchev–Trinajstić information content (AvgIpc) is 3.25. The van der Waals surface area contributed by atoms with Gasteiger partial charge in [0.2, 0.25) is 0 Å². The number of aromatic nitrogens is 2. The summed E-state index contributed by atoms with van der Waals surface area (Å²) in [5.41, 5.74) is 4.73. The zero-order valence-corrected chi connectivity index (χ0v) is 20.1. The summed E-state index contributed by atoms with van der Waals surface area (Å²) in [6.07, 6.45) is 0. The van der Waals surface area contributed by atoms with Gasteiger partial charge >= 0.3 is 5.97 Å². The number of amides is 1. The summed E-state index contributed by atoms with van der Waals surface area (Å²) in [4.78, 5) is 29.6. The number of fused-ring (bicyclic) bond motifs is 1. The van der Waals surface area contributed by atoms with E-state index in [1.165, 1.54) is 0 Å². The molecule has 4 aromatic rings. The zero-order chi connectivity index (χ0) is 24.6. The largest absolute Gasteiger partial charge is 0.462 e. The molecule has 1 heterocycles. The van der Waals surface area contributed by atoms with Crippen LogP contribution < -0.4 is 10.6 Å². The van der Waals surface area contributed by atoms with Gasteiger partial charge in [-0.05, 0) is 49.4 Å². The minimum atomic E-state index is -0.363. The highest BCUT2D eigenvalue weighted by Crippen LogP contribution is 2.27. The smallest absolute Gasteiger partial charge is 0.338 e. The Kier molecular flexibility index (Phi) is 7.90. The van der Waals surface area contributed by atoms with Gasteiger partial charge in [-0.15, -0.1) is 0 Å². The molecule has 0 fully saturated rings. The van der Waals surface area contributed by atoms with Crippen molar-refractivity contribution in [2.24, 2.45) is 0 Å². The van der Waals surface area contributed by atoms with Crippen LogP contribution in [0.15, 0.2) is 72.8 Å². The molecule has 7 nitrogen and oxygen atoms in total. The van der Waals surface area contributed by atoms with E-state index in [1.54, 1.807) is 19.1 Å². The van der Waals surface area contributed by atoms with E-state index in [-0.39, 0.29) is 11.9 Å². The van der Waals surface area contributed by atoms with Crippen LogP contribution in [0.2, 0.25) is 0 Å². The van der Waals surface area contributed by atoms with Crippen molar-refractivity contribution >= 4 is 22.9 Å². The number of nitrogens with one attached hydrogen (secondary N) is 2. The van der Waals surface area contributed by atoms with Crippen molar-refractivity contribution in [3.8, 4) is 11.4 Å². The second kappa shape index (κ2) is 11.4. The molecular formula is C28H30N4O3. The summed E-state index contributed by atoms with van der Waals surface area (Å²) in [7, 11) is 0. The van der Waals surface area contributed by atoms with Crippen LogP contribution in [0.3, 0.4) is 0 Å². The molecule has 0 atom stereocenters. The van der Waals surface area contributed by atoms with Gasteiger partial charge < -0.3 is 19.9 Å². The van der Waals surface area contributed by atoms with E-state index in [2.05, 4.69) is 27.3 Å². The normalized spacial score (nSPS) is 10.9. The van der Waals surface area contributed by atoms with Crippen LogP contribution in [0.5, 0.6) is 0 Å². The summed E-state index contributed by atoms with van der Waals surface area (Å²) >= 11 is 0. The molecular weight excluding hydrogens is 440 g/mol. The van der Waals surface area contributed by atoms with E-state index in [0.29, 0.717) is 36.3 Å². The molecule has 1 aromatic heterocycles. The van der Waals surface area contributed by atoms with Gasteiger partial charge in [0.15, 0.2) is 0 Å². The van der Waals surface area contributed by atoms with Gasteiger partial charge in [-0.3, -0.25) is 4.79 Å². The van der Waals surface area contributed by atoms with E-state index in [9.17, 15) is 9.59 Å². The number of rotatable bonds is 10. The van der Waals surface area contributed by atoms with Crippen molar-refractivity contribution in [1.29, 1.82) is 0 Å². The number of ether oxygens (including phenoxy) is 1. The van der Waals surface area contributed by atoms with Crippen LogP contribution in [0.1, 0.15) is 40.1 Å². The van der Waals surface area contributed by atoms with Crippen LogP contribution in [0.25, 0.3) is 22.4 Å². The van der Waals surface area contributed by atoms with Gasteiger partial charge in [0.25, 0.3) is 5.91 Å².